The highest BCUT2D eigenvalue weighted by molar-refractivity contribution is 5.07. The van der Waals surface area contributed by atoms with Gasteiger partial charge in [0.15, 0.2) is 0 Å². The van der Waals surface area contributed by atoms with Gasteiger partial charge in [-0.05, 0) is 25.6 Å². The molecule has 0 aliphatic rings. The van der Waals surface area contributed by atoms with Crippen molar-refractivity contribution in [2.45, 2.75) is 38.8 Å². The van der Waals surface area contributed by atoms with Gasteiger partial charge in [-0.3, -0.25) is 4.98 Å². The standard InChI is InChI=1S/C15H22N4/c1-3-9-19-10-8-18-15(19)12-14(16-2)11-13-6-4-5-7-17-13/h4-8,10,14,16H,3,9,11-12H2,1-2H3. The van der Waals surface area contributed by atoms with Gasteiger partial charge in [0, 0.05) is 49.7 Å². The number of pyridine rings is 1. The SMILES string of the molecule is CCCn1ccnc1CC(Cc1ccccn1)NC. The van der Waals surface area contributed by atoms with E-state index < -0.39 is 0 Å². The Balaban J connectivity index is 2.00. The third-order valence-corrected chi connectivity index (χ3v) is 3.29. The van der Waals surface area contributed by atoms with E-state index in [0.29, 0.717) is 6.04 Å². The Bertz CT molecular complexity index is 478. The zero-order chi connectivity index (χ0) is 13.5. The molecule has 2 aromatic heterocycles. The Kier molecular flexibility index (Phi) is 5.10. The van der Waals surface area contributed by atoms with Gasteiger partial charge in [0.05, 0.1) is 0 Å². The molecular weight excluding hydrogens is 236 g/mol. The van der Waals surface area contributed by atoms with Crippen molar-refractivity contribution in [3.63, 3.8) is 0 Å². The van der Waals surface area contributed by atoms with Gasteiger partial charge in [0.2, 0.25) is 0 Å². The van der Waals surface area contributed by atoms with Crippen LogP contribution in [0.1, 0.15) is 24.9 Å². The predicted molar refractivity (Wildman–Crippen MR) is 77.0 cm³/mol. The molecule has 0 bridgehead atoms. The minimum atomic E-state index is 0.368. The first-order valence-electron chi connectivity index (χ1n) is 6.90. The van der Waals surface area contributed by atoms with Gasteiger partial charge in [-0.2, -0.15) is 0 Å². The van der Waals surface area contributed by atoms with Crippen LogP contribution in [0.25, 0.3) is 0 Å². The Morgan fingerprint density at radius 2 is 2.11 bits per heavy atom. The number of likely N-dealkylation sites (N-methyl/N-ethyl adjacent to an activating group) is 1. The zero-order valence-corrected chi connectivity index (χ0v) is 11.7. The number of aromatic nitrogens is 3. The number of aryl methyl sites for hydroxylation is 1. The van der Waals surface area contributed by atoms with Crippen LogP contribution in [0.2, 0.25) is 0 Å². The van der Waals surface area contributed by atoms with Crippen molar-refractivity contribution in [1.82, 2.24) is 19.9 Å². The van der Waals surface area contributed by atoms with Crippen LogP contribution in [0.5, 0.6) is 0 Å². The molecule has 0 radical (unpaired) electrons. The lowest BCUT2D eigenvalue weighted by Gasteiger charge is -2.16. The maximum absolute atomic E-state index is 4.47. The molecule has 2 heterocycles. The first-order valence-corrected chi connectivity index (χ1v) is 6.90. The van der Waals surface area contributed by atoms with Crippen molar-refractivity contribution in [2.75, 3.05) is 7.05 Å². The van der Waals surface area contributed by atoms with Crippen LogP contribution >= 0.6 is 0 Å². The Morgan fingerprint density at radius 1 is 1.21 bits per heavy atom. The molecule has 1 atom stereocenters. The maximum atomic E-state index is 4.47. The highest BCUT2D eigenvalue weighted by Crippen LogP contribution is 2.07. The normalized spacial score (nSPS) is 12.5. The third kappa shape index (κ3) is 3.89. The number of hydrogen-bond acceptors (Lipinski definition) is 3. The monoisotopic (exact) mass is 258 g/mol. The summed E-state index contributed by atoms with van der Waals surface area (Å²) in [5, 5.41) is 3.36. The van der Waals surface area contributed by atoms with Gasteiger partial charge in [-0.1, -0.05) is 13.0 Å². The molecule has 4 heteroatoms. The molecule has 2 aromatic rings. The second kappa shape index (κ2) is 7.04. The van der Waals surface area contributed by atoms with Crippen molar-refractivity contribution >= 4 is 0 Å². The van der Waals surface area contributed by atoms with Crippen molar-refractivity contribution in [3.05, 3.63) is 48.3 Å². The van der Waals surface area contributed by atoms with E-state index in [2.05, 4.69) is 39.0 Å². The van der Waals surface area contributed by atoms with Crippen LogP contribution in [0.4, 0.5) is 0 Å². The van der Waals surface area contributed by atoms with Gasteiger partial charge in [-0.25, -0.2) is 4.98 Å². The molecule has 0 aromatic carbocycles. The van der Waals surface area contributed by atoms with Gasteiger partial charge >= 0.3 is 0 Å². The molecule has 1 N–H and O–H groups in total. The highest BCUT2D eigenvalue weighted by atomic mass is 15.1. The number of hydrogen-bond donors (Lipinski definition) is 1. The van der Waals surface area contributed by atoms with E-state index in [1.165, 1.54) is 0 Å². The summed E-state index contributed by atoms with van der Waals surface area (Å²) in [6, 6.07) is 6.43. The van der Waals surface area contributed by atoms with Crippen LogP contribution in [-0.2, 0) is 19.4 Å². The van der Waals surface area contributed by atoms with E-state index in [4.69, 9.17) is 0 Å². The molecule has 0 aliphatic heterocycles. The zero-order valence-electron chi connectivity index (χ0n) is 11.7. The fraction of sp³-hybridized carbons (Fsp3) is 0.467. The van der Waals surface area contributed by atoms with Gasteiger partial charge in [0.1, 0.15) is 5.82 Å². The predicted octanol–water partition coefficient (Wildman–Crippen LogP) is 2.06. The lowest BCUT2D eigenvalue weighted by atomic mass is 10.1. The van der Waals surface area contributed by atoms with E-state index in [1.54, 1.807) is 0 Å². The smallest absolute Gasteiger partial charge is 0.110 e. The summed E-state index contributed by atoms with van der Waals surface area (Å²) in [5.74, 6) is 1.15. The van der Waals surface area contributed by atoms with Crippen LogP contribution in [-0.4, -0.2) is 27.6 Å². The minimum absolute atomic E-state index is 0.368. The van der Waals surface area contributed by atoms with E-state index in [0.717, 1.165) is 37.3 Å². The van der Waals surface area contributed by atoms with Crippen molar-refractivity contribution in [3.8, 4) is 0 Å². The van der Waals surface area contributed by atoms with Crippen LogP contribution in [0.15, 0.2) is 36.8 Å². The Hall–Kier alpha value is -1.68. The minimum Gasteiger partial charge on any atom is -0.335 e. The van der Waals surface area contributed by atoms with Gasteiger partial charge in [-0.15, -0.1) is 0 Å². The molecule has 1 unspecified atom stereocenters. The molecule has 0 spiro atoms. The van der Waals surface area contributed by atoms with E-state index >= 15 is 0 Å². The average Bonchev–Trinajstić information content (AvgIpc) is 2.87. The maximum Gasteiger partial charge on any atom is 0.110 e. The van der Waals surface area contributed by atoms with Crippen LogP contribution < -0.4 is 5.32 Å². The van der Waals surface area contributed by atoms with E-state index in [1.807, 2.05) is 31.6 Å². The van der Waals surface area contributed by atoms with E-state index in [-0.39, 0.29) is 0 Å². The third-order valence-electron chi connectivity index (χ3n) is 3.29. The summed E-state index contributed by atoms with van der Waals surface area (Å²) in [6.45, 7) is 3.22. The summed E-state index contributed by atoms with van der Waals surface area (Å²) in [4.78, 5) is 8.85. The fourth-order valence-corrected chi connectivity index (χ4v) is 2.24. The molecule has 0 amide bonds. The van der Waals surface area contributed by atoms with Crippen molar-refractivity contribution in [1.29, 1.82) is 0 Å². The number of imidazole rings is 1. The highest BCUT2D eigenvalue weighted by Gasteiger charge is 2.12. The Morgan fingerprint density at radius 3 is 2.79 bits per heavy atom. The summed E-state index contributed by atoms with van der Waals surface area (Å²) < 4.78 is 2.24. The molecule has 19 heavy (non-hydrogen) atoms. The topological polar surface area (TPSA) is 42.7 Å². The van der Waals surface area contributed by atoms with Crippen LogP contribution in [0.3, 0.4) is 0 Å². The summed E-state index contributed by atoms with van der Waals surface area (Å²) in [5.41, 5.74) is 1.12. The Labute approximate surface area is 114 Å². The first-order chi connectivity index (χ1) is 9.33. The summed E-state index contributed by atoms with van der Waals surface area (Å²) in [6.07, 6.45) is 8.79. The molecule has 2 rings (SSSR count). The van der Waals surface area contributed by atoms with Gasteiger partial charge in [0.25, 0.3) is 0 Å². The lowest BCUT2D eigenvalue weighted by Crippen LogP contribution is -2.31. The largest absolute Gasteiger partial charge is 0.335 e. The first kappa shape index (κ1) is 13.7. The van der Waals surface area contributed by atoms with E-state index in [9.17, 15) is 0 Å². The van der Waals surface area contributed by atoms with Crippen molar-refractivity contribution < 1.29 is 0 Å². The summed E-state index contributed by atoms with van der Waals surface area (Å²) in [7, 11) is 2.00. The second-order valence-corrected chi connectivity index (χ2v) is 4.75. The average molecular weight is 258 g/mol. The molecule has 0 saturated carbocycles. The molecular formula is C15H22N4. The molecule has 0 saturated heterocycles. The second-order valence-electron chi connectivity index (χ2n) is 4.75. The number of rotatable bonds is 7. The molecule has 0 aliphatic carbocycles. The molecule has 4 nitrogen and oxygen atoms in total. The number of nitrogens with zero attached hydrogens (tertiary/aromatic N) is 3. The number of nitrogens with one attached hydrogen (secondary N) is 1. The van der Waals surface area contributed by atoms with Crippen molar-refractivity contribution in [2.24, 2.45) is 0 Å². The quantitative estimate of drug-likeness (QED) is 0.826. The van der Waals surface area contributed by atoms with Gasteiger partial charge < -0.3 is 9.88 Å². The molecule has 0 fully saturated rings. The lowest BCUT2D eigenvalue weighted by molar-refractivity contribution is 0.516. The van der Waals surface area contributed by atoms with Crippen LogP contribution in [0, 0.1) is 0 Å². The fourth-order valence-electron chi connectivity index (χ4n) is 2.24. The molecule has 102 valence electrons. The summed E-state index contributed by atoms with van der Waals surface area (Å²) >= 11 is 0.